The van der Waals surface area contributed by atoms with Crippen molar-refractivity contribution in [1.82, 2.24) is 10.4 Å². The summed E-state index contributed by atoms with van der Waals surface area (Å²) in [6.07, 6.45) is 2.02. The zero-order valence-electron chi connectivity index (χ0n) is 12.7. The SMILES string of the molecule is CCCCOc1ccc2c3c(cccc13)C(=O)N(NC)C2=O. The van der Waals surface area contributed by atoms with Crippen LogP contribution in [0.1, 0.15) is 40.5 Å². The fourth-order valence-electron chi connectivity index (χ4n) is 2.72. The Balaban J connectivity index is 2.16. The molecule has 0 bridgehead atoms. The van der Waals surface area contributed by atoms with Gasteiger partial charge in [0.2, 0.25) is 0 Å². The second kappa shape index (κ2) is 5.77. The summed E-state index contributed by atoms with van der Waals surface area (Å²) >= 11 is 0. The van der Waals surface area contributed by atoms with E-state index < -0.39 is 0 Å². The molecule has 0 aliphatic carbocycles. The molecule has 1 N–H and O–H groups in total. The highest BCUT2D eigenvalue weighted by atomic mass is 16.5. The van der Waals surface area contributed by atoms with Crippen LogP contribution in [0, 0.1) is 0 Å². The third-order valence-electron chi connectivity index (χ3n) is 3.85. The van der Waals surface area contributed by atoms with Crippen LogP contribution < -0.4 is 10.2 Å². The Kier molecular flexibility index (Phi) is 3.81. The normalized spacial score (nSPS) is 13.8. The minimum atomic E-state index is -0.337. The first-order valence-corrected chi connectivity index (χ1v) is 7.43. The smallest absolute Gasteiger partial charge is 0.275 e. The molecule has 114 valence electrons. The summed E-state index contributed by atoms with van der Waals surface area (Å²) in [6.45, 7) is 2.73. The Hall–Kier alpha value is -2.40. The molecule has 22 heavy (non-hydrogen) atoms. The molecule has 0 saturated heterocycles. The maximum absolute atomic E-state index is 12.4. The van der Waals surface area contributed by atoms with Crippen LogP contribution in [0.3, 0.4) is 0 Å². The topological polar surface area (TPSA) is 58.6 Å². The van der Waals surface area contributed by atoms with Gasteiger partial charge in [-0.25, -0.2) is 10.4 Å². The zero-order chi connectivity index (χ0) is 15.7. The summed E-state index contributed by atoms with van der Waals surface area (Å²) < 4.78 is 5.81. The minimum absolute atomic E-state index is 0.337. The molecule has 5 nitrogen and oxygen atoms in total. The molecule has 2 aromatic rings. The van der Waals surface area contributed by atoms with Gasteiger partial charge < -0.3 is 4.74 Å². The van der Waals surface area contributed by atoms with Crippen LogP contribution >= 0.6 is 0 Å². The van der Waals surface area contributed by atoms with Crippen molar-refractivity contribution < 1.29 is 14.3 Å². The Morgan fingerprint density at radius 2 is 1.82 bits per heavy atom. The first kappa shape index (κ1) is 14.5. The summed E-state index contributed by atoms with van der Waals surface area (Å²) in [4.78, 5) is 24.8. The third-order valence-corrected chi connectivity index (χ3v) is 3.85. The lowest BCUT2D eigenvalue weighted by Crippen LogP contribution is -2.47. The highest BCUT2D eigenvalue weighted by molar-refractivity contribution is 6.25. The number of carbonyl (C=O) groups excluding carboxylic acids is 2. The van der Waals surface area contributed by atoms with Crippen molar-refractivity contribution in [3.63, 3.8) is 0 Å². The molecule has 0 spiro atoms. The number of hydrazine groups is 1. The van der Waals surface area contributed by atoms with E-state index in [-0.39, 0.29) is 11.8 Å². The summed E-state index contributed by atoms with van der Waals surface area (Å²) in [5.41, 5.74) is 3.68. The van der Waals surface area contributed by atoms with Crippen LogP contribution in [-0.4, -0.2) is 30.5 Å². The molecule has 5 heteroatoms. The van der Waals surface area contributed by atoms with Gasteiger partial charge in [0.25, 0.3) is 11.8 Å². The number of unbranched alkanes of at least 4 members (excludes halogenated alkanes) is 1. The summed E-state index contributed by atoms with van der Waals surface area (Å²) in [7, 11) is 1.56. The number of imide groups is 1. The van der Waals surface area contributed by atoms with Crippen molar-refractivity contribution in [3.8, 4) is 5.75 Å². The lowest BCUT2D eigenvalue weighted by Gasteiger charge is -2.26. The Morgan fingerprint density at radius 3 is 2.50 bits per heavy atom. The van der Waals surface area contributed by atoms with Crippen LogP contribution in [0.5, 0.6) is 5.75 Å². The lowest BCUT2D eigenvalue weighted by molar-refractivity contribution is 0.0540. The number of ether oxygens (including phenoxy) is 1. The van der Waals surface area contributed by atoms with E-state index in [1.165, 1.54) is 0 Å². The van der Waals surface area contributed by atoms with E-state index in [0.717, 1.165) is 23.2 Å². The van der Waals surface area contributed by atoms with E-state index in [1.54, 1.807) is 25.2 Å². The van der Waals surface area contributed by atoms with Crippen LogP contribution in [0.15, 0.2) is 30.3 Å². The number of rotatable bonds is 5. The number of nitrogens with one attached hydrogen (secondary N) is 1. The summed E-state index contributed by atoms with van der Waals surface area (Å²) in [6, 6.07) is 8.97. The van der Waals surface area contributed by atoms with Crippen LogP contribution in [0.4, 0.5) is 0 Å². The number of benzene rings is 2. The van der Waals surface area contributed by atoms with Crippen molar-refractivity contribution in [2.45, 2.75) is 19.8 Å². The number of nitrogens with zero attached hydrogens (tertiary/aromatic N) is 1. The predicted molar refractivity (Wildman–Crippen MR) is 83.9 cm³/mol. The molecule has 0 unspecified atom stereocenters. The Labute approximate surface area is 128 Å². The molecule has 3 rings (SSSR count). The van der Waals surface area contributed by atoms with Crippen molar-refractivity contribution in [1.29, 1.82) is 0 Å². The lowest BCUT2D eigenvalue weighted by atomic mass is 9.94. The second-order valence-corrected chi connectivity index (χ2v) is 5.21. The number of carbonyl (C=O) groups is 2. The first-order chi connectivity index (χ1) is 10.7. The van der Waals surface area contributed by atoms with Crippen LogP contribution in [0.2, 0.25) is 0 Å². The summed E-state index contributed by atoms with van der Waals surface area (Å²) in [5, 5.41) is 2.52. The Morgan fingerprint density at radius 1 is 1.09 bits per heavy atom. The van der Waals surface area contributed by atoms with Gasteiger partial charge in [0.1, 0.15) is 5.75 Å². The van der Waals surface area contributed by atoms with Gasteiger partial charge >= 0.3 is 0 Å². The first-order valence-electron chi connectivity index (χ1n) is 7.43. The zero-order valence-corrected chi connectivity index (χ0v) is 12.7. The van der Waals surface area contributed by atoms with Gasteiger partial charge in [0.15, 0.2) is 0 Å². The molecular weight excluding hydrogens is 280 g/mol. The van der Waals surface area contributed by atoms with Crippen molar-refractivity contribution in [3.05, 3.63) is 41.5 Å². The third kappa shape index (κ3) is 2.14. The van der Waals surface area contributed by atoms with E-state index in [0.29, 0.717) is 28.9 Å². The van der Waals surface area contributed by atoms with Crippen molar-refractivity contribution in [2.24, 2.45) is 0 Å². The van der Waals surface area contributed by atoms with Gasteiger partial charge in [-0.1, -0.05) is 25.5 Å². The quantitative estimate of drug-likeness (QED) is 0.681. The van der Waals surface area contributed by atoms with E-state index in [4.69, 9.17) is 4.74 Å². The Bertz CT molecular complexity index is 733. The van der Waals surface area contributed by atoms with E-state index in [9.17, 15) is 9.59 Å². The number of amides is 2. The highest BCUT2D eigenvalue weighted by Gasteiger charge is 2.32. The fraction of sp³-hybridized carbons (Fsp3) is 0.294. The van der Waals surface area contributed by atoms with Gasteiger partial charge in [-0.2, -0.15) is 0 Å². The van der Waals surface area contributed by atoms with Gasteiger partial charge in [0, 0.05) is 17.8 Å². The average molecular weight is 298 g/mol. The predicted octanol–water partition coefficient (Wildman–Crippen LogP) is 2.75. The van der Waals surface area contributed by atoms with Gasteiger partial charge in [-0.3, -0.25) is 9.59 Å². The highest BCUT2D eigenvalue weighted by Crippen LogP contribution is 2.35. The number of hydrogen-bond donors (Lipinski definition) is 1. The molecule has 2 aromatic carbocycles. The fourth-order valence-corrected chi connectivity index (χ4v) is 2.72. The van der Waals surface area contributed by atoms with E-state index in [2.05, 4.69) is 12.3 Å². The second-order valence-electron chi connectivity index (χ2n) is 5.21. The minimum Gasteiger partial charge on any atom is -0.493 e. The maximum Gasteiger partial charge on any atom is 0.275 e. The molecule has 0 atom stereocenters. The van der Waals surface area contributed by atoms with Crippen LogP contribution in [-0.2, 0) is 0 Å². The molecule has 0 radical (unpaired) electrons. The molecule has 1 aliphatic heterocycles. The van der Waals surface area contributed by atoms with E-state index in [1.807, 2.05) is 12.1 Å². The largest absolute Gasteiger partial charge is 0.493 e. The van der Waals surface area contributed by atoms with Gasteiger partial charge in [-0.05, 0) is 24.6 Å². The van der Waals surface area contributed by atoms with Crippen molar-refractivity contribution >= 4 is 22.6 Å². The monoisotopic (exact) mass is 298 g/mol. The van der Waals surface area contributed by atoms with Gasteiger partial charge in [-0.15, -0.1) is 0 Å². The number of hydrogen-bond acceptors (Lipinski definition) is 4. The molecule has 0 fully saturated rings. The molecule has 1 heterocycles. The van der Waals surface area contributed by atoms with Crippen molar-refractivity contribution in [2.75, 3.05) is 13.7 Å². The average Bonchev–Trinajstić information content (AvgIpc) is 2.54. The molecule has 0 saturated carbocycles. The summed E-state index contributed by atoms with van der Waals surface area (Å²) in [5.74, 6) is 0.0418. The van der Waals surface area contributed by atoms with Crippen LogP contribution in [0.25, 0.3) is 10.8 Å². The molecule has 1 aliphatic rings. The van der Waals surface area contributed by atoms with E-state index >= 15 is 0 Å². The standard InChI is InChI=1S/C17H18N2O3/c1-3-4-10-22-14-9-8-13-15-11(14)6-5-7-12(15)16(20)19(18-2)17(13)21/h5-9,18H,3-4,10H2,1-2H3. The molecule has 0 aromatic heterocycles. The maximum atomic E-state index is 12.4. The molecule has 2 amide bonds. The molecular formula is C17H18N2O3. The van der Waals surface area contributed by atoms with Gasteiger partial charge in [0.05, 0.1) is 17.7 Å².